The number of nitrogens with zero attached hydrogens (tertiary/aromatic N) is 3. The van der Waals surface area contributed by atoms with Crippen molar-refractivity contribution >= 4 is 52.4 Å². The summed E-state index contributed by atoms with van der Waals surface area (Å²) < 4.78 is 0. The smallest absolute Gasteiger partial charge is 0.357 e. The summed E-state index contributed by atoms with van der Waals surface area (Å²) in [6, 6.07) is 11.7. The number of nitrogens with two attached hydrogens (primary N) is 1. The minimum absolute atomic E-state index is 0.0160. The molecular weight excluding hydrogens is 482 g/mol. The standard InChI is InChI=1S/C22H22ClN5O3S2/c1-2-10-33-22-25-13-15(23)18(27-22)20(29)26-16(12-14-7-4-3-5-8-14)21(30)31-28-19(24)17-9-6-11-32-17/h3-9,11,13,16H,2,10,12H2,1H3,(H2,24,28)(H,26,29)/t16-/m0/s1. The van der Waals surface area contributed by atoms with Crippen LogP contribution in [0, 0.1) is 0 Å². The molecular formula is C22H22ClN5O3S2. The highest BCUT2D eigenvalue weighted by atomic mass is 35.5. The van der Waals surface area contributed by atoms with Gasteiger partial charge in [-0.15, -0.1) is 11.3 Å². The predicted octanol–water partition coefficient (Wildman–Crippen LogP) is 3.90. The van der Waals surface area contributed by atoms with E-state index < -0.39 is 17.9 Å². The van der Waals surface area contributed by atoms with Gasteiger partial charge in [0.05, 0.1) is 16.1 Å². The SMILES string of the molecule is CCCSc1ncc(Cl)c(C(=O)N[C@@H](Cc2ccccc2)C(=O)O/N=C(/N)c2cccs2)n1. The first kappa shape index (κ1) is 24.7. The number of hydrogen-bond acceptors (Lipinski definition) is 8. The maximum Gasteiger partial charge on any atom is 0.357 e. The Morgan fingerprint density at radius 2 is 2.06 bits per heavy atom. The van der Waals surface area contributed by atoms with E-state index in [0.29, 0.717) is 10.0 Å². The van der Waals surface area contributed by atoms with Crippen LogP contribution in [0.5, 0.6) is 0 Å². The Labute approximate surface area is 204 Å². The summed E-state index contributed by atoms with van der Waals surface area (Å²) in [5.41, 5.74) is 6.67. The Morgan fingerprint density at radius 1 is 1.27 bits per heavy atom. The number of aromatic nitrogens is 2. The zero-order chi connectivity index (χ0) is 23.6. The largest absolute Gasteiger partial charge is 0.380 e. The van der Waals surface area contributed by atoms with Gasteiger partial charge in [-0.1, -0.05) is 71.8 Å². The first-order valence-electron chi connectivity index (χ1n) is 10.1. The molecule has 1 amide bonds. The van der Waals surface area contributed by atoms with E-state index in [0.717, 1.165) is 17.7 Å². The minimum Gasteiger partial charge on any atom is -0.380 e. The van der Waals surface area contributed by atoms with Crippen LogP contribution in [0.2, 0.25) is 5.02 Å². The average Bonchev–Trinajstić information content (AvgIpc) is 3.37. The van der Waals surface area contributed by atoms with E-state index in [2.05, 4.69) is 20.4 Å². The lowest BCUT2D eigenvalue weighted by atomic mass is 10.1. The molecule has 8 nitrogen and oxygen atoms in total. The van der Waals surface area contributed by atoms with Gasteiger partial charge in [0.25, 0.3) is 5.91 Å². The fraction of sp³-hybridized carbons (Fsp3) is 0.227. The van der Waals surface area contributed by atoms with E-state index in [-0.39, 0.29) is 23.0 Å². The summed E-state index contributed by atoms with van der Waals surface area (Å²) in [5.74, 6) is -0.513. The molecule has 0 unspecified atom stereocenters. The predicted molar refractivity (Wildman–Crippen MR) is 131 cm³/mol. The van der Waals surface area contributed by atoms with Crippen LogP contribution in [0.1, 0.15) is 34.3 Å². The number of benzene rings is 1. The Kier molecular flexibility index (Phi) is 9.23. The van der Waals surface area contributed by atoms with E-state index in [4.69, 9.17) is 22.2 Å². The quantitative estimate of drug-likeness (QED) is 0.107. The summed E-state index contributed by atoms with van der Waals surface area (Å²) in [6.07, 6.45) is 2.48. The van der Waals surface area contributed by atoms with E-state index >= 15 is 0 Å². The Hall–Kier alpha value is -2.95. The van der Waals surface area contributed by atoms with Gasteiger partial charge in [0, 0.05) is 12.2 Å². The zero-order valence-electron chi connectivity index (χ0n) is 17.7. The summed E-state index contributed by atoms with van der Waals surface area (Å²) in [5, 5.41) is 8.73. The average molecular weight is 504 g/mol. The van der Waals surface area contributed by atoms with E-state index in [1.165, 1.54) is 29.3 Å². The second kappa shape index (κ2) is 12.3. The number of halogens is 1. The van der Waals surface area contributed by atoms with Crippen molar-refractivity contribution in [1.29, 1.82) is 0 Å². The van der Waals surface area contributed by atoms with Gasteiger partial charge in [-0.2, -0.15) is 0 Å². The number of rotatable bonds is 10. The summed E-state index contributed by atoms with van der Waals surface area (Å²) in [7, 11) is 0. The number of oxime groups is 1. The maximum absolute atomic E-state index is 13.0. The van der Waals surface area contributed by atoms with Crippen molar-refractivity contribution < 1.29 is 14.4 Å². The molecule has 3 N–H and O–H groups in total. The molecule has 0 spiro atoms. The molecule has 0 radical (unpaired) electrons. The number of amides is 1. The van der Waals surface area contributed by atoms with E-state index in [1.807, 2.05) is 42.6 Å². The first-order valence-corrected chi connectivity index (χ1v) is 12.3. The van der Waals surface area contributed by atoms with Crippen LogP contribution in [0.3, 0.4) is 0 Å². The monoisotopic (exact) mass is 503 g/mol. The molecule has 1 atom stereocenters. The molecule has 0 aliphatic rings. The van der Waals surface area contributed by atoms with Crippen molar-refractivity contribution in [3.8, 4) is 0 Å². The van der Waals surface area contributed by atoms with Gasteiger partial charge in [0.1, 0.15) is 6.04 Å². The van der Waals surface area contributed by atoms with Crippen LogP contribution in [0.15, 0.2) is 64.4 Å². The highest BCUT2D eigenvalue weighted by Crippen LogP contribution is 2.19. The second-order valence-corrected chi connectivity index (χ2v) is 9.19. The Balaban J connectivity index is 1.78. The molecule has 33 heavy (non-hydrogen) atoms. The number of hydrogen-bond donors (Lipinski definition) is 2. The molecule has 3 rings (SSSR count). The minimum atomic E-state index is -1.04. The number of thioether (sulfide) groups is 1. The number of carbonyl (C=O) groups is 2. The molecule has 11 heteroatoms. The molecule has 0 bridgehead atoms. The van der Waals surface area contributed by atoms with Crippen molar-refractivity contribution in [3.05, 3.63) is 75.2 Å². The van der Waals surface area contributed by atoms with Crippen molar-refractivity contribution in [2.45, 2.75) is 31.0 Å². The molecule has 0 saturated carbocycles. The van der Waals surface area contributed by atoms with Crippen LogP contribution in [0.25, 0.3) is 0 Å². The molecule has 0 fully saturated rings. The van der Waals surface area contributed by atoms with Gasteiger partial charge < -0.3 is 15.9 Å². The lowest BCUT2D eigenvalue weighted by molar-refractivity contribution is -0.145. The molecule has 2 heterocycles. The van der Waals surface area contributed by atoms with Gasteiger partial charge in [0.2, 0.25) is 0 Å². The van der Waals surface area contributed by atoms with Crippen LogP contribution in [-0.2, 0) is 16.1 Å². The lowest BCUT2D eigenvalue weighted by Gasteiger charge is -2.16. The molecule has 3 aromatic rings. The Morgan fingerprint density at radius 3 is 2.76 bits per heavy atom. The maximum atomic E-state index is 13.0. The fourth-order valence-corrected chi connectivity index (χ4v) is 4.14. The summed E-state index contributed by atoms with van der Waals surface area (Å²) in [4.78, 5) is 39.9. The number of nitrogens with one attached hydrogen (secondary N) is 1. The normalized spacial score (nSPS) is 12.2. The topological polar surface area (TPSA) is 120 Å². The van der Waals surface area contributed by atoms with Crippen LogP contribution in [-0.4, -0.2) is 39.5 Å². The highest BCUT2D eigenvalue weighted by Gasteiger charge is 2.26. The van der Waals surface area contributed by atoms with Gasteiger partial charge in [0.15, 0.2) is 16.7 Å². The van der Waals surface area contributed by atoms with Gasteiger partial charge >= 0.3 is 5.97 Å². The molecule has 172 valence electrons. The van der Waals surface area contributed by atoms with Crippen LogP contribution >= 0.6 is 34.7 Å². The number of thiophene rings is 1. The van der Waals surface area contributed by atoms with Gasteiger partial charge in [-0.25, -0.2) is 14.8 Å². The lowest BCUT2D eigenvalue weighted by Crippen LogP contribution is -2.43. The van der Waals surface area contributed by atoms with Crippen LogP contribution in [0.4, 0.5) is 0 Å². The number of carbonyl (C=O) groups excluding carboxylic acids is 2. The van der Waals surface area contributed by atoms with Crippen molar-refractivity contribution in [2.75, 3.05) is 5.75 Å². The van der Waals surface area contributed by atoms with E-state index in [9.17, 15) is 9.59 Å². The molecule has 0 saturated heterocycles. The zero-order valence-corrected chi connectivity index (χ0v) is 20.1. The van der Waals surface area contributed by atoms with Crippen molar-refractivity contribution in [1.82, 2.24) is 15.3 Å². The fourth-order valence-electron chi connectivity index (χ4n) is 2.67. The van der Waals surface area contributed by atoms with Crippen LogP contribution < -0.4 is 11.1 Å². The first-order chi connectivity index (χ1) is 16.0. The highest BCUT2D eigenvalue weighted by molar-refractivity contribution is 7.99. The molecule has 0 aliphatic carbocycles. The second-order valence-electron chi connectivity index (χ2n) is 6.78. The molecule has 0 aliphatic heterocycles. The van der Waals surface area contributed by atoms with E-state index in [1.54, 1.807) is 12.1 Å². The third kappa shape index (κ3) is 7.28. The third-order valence-electron chi connectivity index (χ3n) is 4.25. The molecule has 1 aromatic carbocycles. The van der Waals surface area contributed by atoms with Crippen molar-refractivity contribution in [2.24, 2.45) is 10.9 Å². The third-order valence-corrected chi connectivity index (χ3v) is 6.49. The van der Waals surface area contributed by atoms with Crippen molar-refractivity contribution in [3.63, 3.8) is 0 Å². The number of amidine groups is 1. The van der Waals surface area contributed by atoms with Gasteiger partial charge in [-0.05, 0) is 23.4 Å². The van der Waals surface area contributed by atoms with Gasteiger partial charge in [-0.3, -0.25) is 4.79 Å². The summed E-state index contributed by atoms with van der Waals surface area (Å²) >= 11 is 8.94. The Bertz CT molecular complexity index is 1110. The molecule has 2 aromatic heterocycles. The summed E-state index contributed by atoms with van der Waals surface area (Å²) in [6.45, 7) is 2.03.